The van der Waals surface area contributed by atoms with E-state index in [0.29, 0.717) is 0 Å². The van der Waals surface area contributed by atoms with Crippen LogP contribution in [0.15, 0.2) is 48.5 Å². The zero-order valence-corrected chi connectivity index (χ0v) is 15.0. The van der Waals surface area contributed by atoms with Crippen LogP contribution in [0.1, 0.15) is 20.7 Å². The van der Waals surface area contributed by atoms with Gasteiger partial charge in [0.15, 0.2) is 0 Å². The molecule has 5 heteroatoms. The van der Waals surface area contributed by atoms with Crippen molar-refractivity contribution < 1.29 is 39.3 Å². The molecular weight excluding hydrogens is 346 g/mol. The van der Waals surface area contributed by atoms with Gasteiger partial charge < -0.3 is 10.2 Å². The number of carbonyl (C=O) groups is 2. The van der Waals surface area contributed by atoms with Gasteiger partial charge in [-0.3, -0.25) is 0 Å². The van der Waals surface area contributed by atoms with Gasteiger partial charge in [-0.05, 0) is 56.6 Å². The second-order valence-electron chi connectivity index (χ2n) is 5.34. The van der Waals surface area contributed by atoms with Crippen molar-refractivity contribution in [3.05, 3.63) is 59.7 Å². The Morgan fingerprint density at radius 2 is 0.870 bits per heavy atom. The summed E-state index contributed by atoms with van der Waals surface area (Å²) >= 11 is 0. The molecule has 0 heterocycles. The number of rotatable bonds is 2. The molecule has 4 aromatic carbocycles. The summed E-state index contributed by atoms with van der Waals surface area (Å²) in [7, 11) is 0. The molecule has 4 aromatic rings. The first-order valence-electron chi connectivity index (χ1n) is 6.74. The van der Waals surface area contributed by atoms with Gasteiger partial charge in [0.25, 0.3) is 0 Å². The first-order chi connectivity index (χ1) is 10.5. The van der Waals surface area contributed by atoms with Crippen molar-refractivity contribution in [3.63, 3.8) is 0 Å². The number of hydrogen-bond donors (Lipinski definition) is 2. The molecule has 0 amide bonds. The third kappa shape index (κ3) is 2.25. The van der Waals surface area contributed by atoms with Gasteiger partial charge in [0, 0.05) is 19.5 Å². The molecule has 4 nitrogen and oxygen atoms in total. The van der Waals surface area contributed by atoms with Crippen LogP contribution in [0.4, 0.5) is 0 Å². The van der Waals surface area contributed by atoms with E-state index in [0.717, 1.165) is 32.3 Å². The predicted octanol–water partition coefficient (Wildman–Crippen LogP) is 3.98. The number of carboxylic acid groups (broad SMARTS) is 2. The van der Waals surface area contributed by atoms with Gasteiger partial charge >= 0.3 is 11.9 Å². The Kier molecular flexibility index (Phi) is 3.54. The quantitative estimate of drug-likeness (QED) is 0.421. The summed E-state index contributed by atoms with van der Waals surface area (Å²) in [4.78, 5) is 22.4. The van der Waals surface area contributed by atoms with Crippen LogP contribution in [-0.2, 0) is 19.5 Å². The summed E-state index contributed by atoms with van der Waals surface area (Å²) in [6.07, 6.45) is 0. The SMILES string of the molecule is O=C(O)c1cc2ccc3cc(C(=O)O)cc4ccc(c1)c2c34.[Zn]. The Morgan fingerprint density at radius 3 is 1.09 bits per heavy atom. The minimum atomic E-state index is -0.960. The van der Waals surface area contributed by atoms with Crippen molar-refractivity contribution >= 4 is 44.3 Å². The van der Waals surface area contributed by atoms with Gasteiger partial charge in [-0.25, -0.2) is 9.59 Å². The number of carboxylic acids is 2. The average Bonchev–Trinajstić information content (AvgIpc) is 2.51. The normalized spacial score (nSPS) is 11.0. The first kappa shape index (κ1) is 15.4. The van der Waals surface area contributed by atoms with E-state index in [9.17, 15) is 19.8 Å². The standard InChI is InChI=1S/C18H10O4.Zn/c19-17(20)13-5-9-1-2-10-6-14(18(21)22)8-12-4-3-11(7-13)15(9)16(10)12;/h1-8H,(H,19,20)(H,21,22);. The molecule has 0 radical (unpaired) electrons. The van der Waals surface area contributed by atoms with Crippen molar-refractivity contribution in [3.8, 4) is 0 Å². The first-order valence-corrected chi connectivity index (χ1v) is 6.74. The van der Waals surface area contributed by atoms with E-state index in [1.54, 1.807) is 24.3 Å². The summed E-state index contributed by atoms with van der Waals surface area (Å²) in [5.41, 5.74) is 0.495. The van der Waals surface area contributed by atoms with Gasteiger partial charge in [-0.2, -0.15) is 0 Å². The fourth-order valence-corrected chi connectivity index (χ4v) is 3.08. The molecule has 0 aromatic heterocycles. The number of aromatic carboxylic acids is 2. The zero-order valence-electron chi connectivity index (χ0n) is 12.0. The maximum Gasteiger partial charge on any atom is 0.335 e. The average molecular weight is 356 g/mol. The van der Waals surface area contributed by atoms with Crippen molar-refractivity contribution in [1.82, 2.24) is 0 Å². The molecule has 0 aliphatic heterocycles. The molecule has 0 aliphatic rings. The molecule has 4 rings (SSSR count). The van der Waals surface area contributed by atoms with Gasteiger partial charge in [-0.1, -0.05) is 24.3 Å². The topological polar surface area (TPSA) is 74.6 Å². The van der Waals surface area contributed by atoms with Crippen LogP contribution >= 0.6 is 0 Å². The van der Waals surface area contributed by atoms with Crippen LogP contribution in [-0.4, -0.2) is 22.2 Å². The molecule has 23 heavy (non-hydrogen) atoms. The van der Waals surface area contributed by atoms with E-state index in [1.165, 1.54) is 0 Å². The number of benzene rings is 4. The molecular formula is C18H10O4Zn. The molecule has 2 N–H and O–H groups in total. The molecule has 0 aliphatic carbocycles. The summed E-state index contributed by atoms with van der Waals surface area (Å²) in [5, 5.41) is 23.7. The second-order valence-corrected chi connectivity index (χ2v) is 5.34. The van der Waals surface area contributed by atoms with E-state index in [1.807, 2.05) is 24.3 Å². The van der Waals surface area contributed by atoms with Crippen molar-refractivity contribution in [2.24, 2.45) is 0 Å². The van der Waals surface area contributed by atoms with Gasteiger partial charge in [0.1, 0.15) is 0 Å². The van der Waals surface area contributed by atoms with Crippen molar-refractivity contribution in [2.45, 2.75) is 0 Å². The van der Waals surface area contributed by atoms with Crippen molar-refractivity contribution in [2.75, 3.05) is 0 Å². The smallest absolute Gasteiger partial charge is 0.335 e. The van der Waals surface area contributed by atoms with Crippen molar-refractivity contribution in [1.29, 1.82) is 0 Å². The number of hydrogen-bond acceptors (Lipinski definition) is 2. The van der Waals surface area contributed by atoms with Gasteiger partial charge in [0.2, 0.25) is 0 Å². The maximum absolute atomic E-state index is 11.2. The van der Waals surface area contributed by atoms with E-state index < -0.39 is 11.9 Å². The Morgan fingerprint density at radius 1 is 0.609 bits per heavy atom. The summed E-state index contributed by atoms with van der Waals surface area (Å²) in [6, 6.07) is 13.9. The van der Waals surface area contributed by atoms with Gasteiger partial charge in [-0.15, -0.1) is 0 Å². The van der Waals surface area contributed by atoms with Crippen LogP contribution in [0.2, 0.25) is 0 Å². The van der Waals surface area contributed by atoms with Crippen LogP contribution in [0.25, 0.3) is 32.3 Å². The fourth-order valence-electron chi connectivity index (χ4n) is 3.08. The molecule has 0 unspecified atom stereocenters. The molecule has 108 valence electrons. The summed E-state index contributed by atoms with van der Waals surface area (Å²) in [5.74, 6) is -1.92. The third-order valence-electron chi connectivity index (χ3n) is 4.03. The van der Waals surface area contributed by atoms with E-state index in [-0.39, 0.29) is 30.6 Å². The Hall–Kier alpha value is -2.52. The minimum Gasteiger partial charge on any atom is -0.478 e. The molecule has 0 saturated heterocycles. The molecule has 0 spiro atoms. The predicted molar refractivity (Wildman–Crippen MR) is 84.1 cm³/mol. The Balaban J connectivity index is 0.00000156. The van der Waals surface area contributed by atoms with Crippen LogP contribution in [0.5, 0.6) is 0 Å². The van der Waals surface area contributed by atoms with Crippen LogP contribution in [0, 0.1) is 0 Å². The molecule has 0 atom stereocenters. The summed E-state index contributed by atoms with van der Waals surface area (Å²) in [6.45, 7) is 0. The largest absolute Gasteiger partial charge is 0.478 e. The third-order valence-corrected chi connectivity index (χ3v) is 4.03. The summed E-state index contributed by atoms with van der Waals surface area (Å²) < 4.78 is 0. The molecule has 0 fully saturated rings. The fraction of sp³-hybridized carbons (Fsp3) is 0. The van der Waals surface area contributed by atoms with Gasteiger partial charge in [0.05, 0.1) is 11.1 Å². The van der Waals surface area contributed by atoms with Crippen LogP contribution in [0.3, 0.4) is 0 Å². The zero-order chi connectivity index (χ0) is 15.4. The minimum absolute atomic E-state index is 0. The maximum atomic E-state index is 11.2. The Bertz CT molecular complexity index is 931. The Labute approximate surface area is 143 Å². The van der Waals surface area contributed by atoms with E-state index in [4.69, 9.17) is 0 Å². The van der Waals surface area contributed by atoms with E-state index in [2.05, 4.69) is 0 Å². The second kappa shape index (κ2) is 5.29. The van der Waals surface area contributed by atoms with E-state index >= 15 is 0 Å². The van der Waals surface area contributed by atoms with Crippen LogP contribution < -0.4 is 0 Å². The molecule has 0 saturated carbocycles. The molecule has 0 bridgehead atoms. The monoisotopic (exact) mass is 354 g/mol.